The van der Waals surface area contributed by atoms with Gasteiger partial charge in [0.25, 0.3) is 0 Å². The number of aliphatic hydroxyl groups is 3. The Bertz CT molecular complexity index is 755. The monoisotopic (exact) mass is 338 g/mol. The van der Waals surface area contributed by atoms with Crippen molar-refractivity contribution in [2.45, 2.75) is 30.7 Å². The second-order valence-corrected chi connectivity index (χ2v) is 5.48. The molecular formula is C16H18O8. The minimum Gasteiger partial charge on any atom is -0.462 e. The van der Waals surface area contributed by atoms with E-state index in [9.17, 15) is 20.1 Å². The molecule has 0 radical (unpaired) electrons. The van der Waals surface area contributed by atoms with Crippen molar-refractivity contribution in [3.8, 4) is 5.75 Å². The quantitative estimate of drug-likeness (QED) is 0.646. The highest BCUT2D eigenvalue weighted by Gasteiger charge is 2.45. The molecule has 0 amide bonds. The van der Waals surface area contributed by atoms with E-state index in [1.54, 1.807) is 18.2 Å². The third-order valence-corrected chi connectivity index (χ3v) is 3.94. The summed E-state index contributed by atoms with van der Waals surface area (Å²) >= 11 is 0. The maximum absolute atomic E-state index is 11.3. The summed E-state index contributed by atoms with van der Waals surface area (Å²) in [4.78, 5) is 11.3. The number of hydrogen-bond acceptors (Lipinski definition) is 8. The van der Waals surface area contributed by atoms with E-state index in [0.717, 1.165) is 0 Å². The molecule has 8 heteroatoms. The van der Waals surface area contributed by atoms with Gasteiger partial charge in [-0.3, -0.25) is 0 Å². The highest BCUT2D eigenvalue weighted by molar-refractivity contribution is 5.77. The summed E-state index contributed by atoms with van der Waals surface area (Å²) in [7, 11) is 1.35. The molecule has 1 aromatic heterocycles. The van der Waals surface area contributed by atoms with Crippen molar-refractivity contribution in [3.05, 3.63) is 40.8 Å². The Hall–Kier alpha value is -1.97. The van der Waals surface area contributed by atoms with E-state index in [-0.39, 0.29) is 5.75 Å². The number of methoxy groups -OCH3 is 1. The first-order valence-corrected chi connectivity index (χ1v) is 7.39. The van der Waals surface area contributed by atoms with Gasteiger partial charge in [-0.15, -0.1) is 0 Å². The molecule has 1 aliphatic rings. The predicted molar refractivity (Wildman–Crippen MR) is 81.7 cm³/mol. The smallest absolute Gasteiger partial charge is 0.336 e. The van der Waals surface area contributed by atoms with E-state index >= 15 is 0 Å². The molecule has 0 unspecified atom stereocenters. The summed E-state index contributed by atoms with van der Waals surface area (Å²) in [6.07, 6.45) is -5.60. The van der Waals surface area contributed by atoms with Gasteiger partial charge in [0.2, 0.25) is 6.29 Å². The first-order chi connectivity index (χ1) is 11.5. The molecule has 24 heavy (non-hydrogen) atoms. The molecule has 130 valence electrons. The molecule has 0 spiro atoms. The van der Waals surface area contributed by atoms with E-state index < -0.39 is 42.9 Å². The summed E-state index contributed by atoms with van der Waals surface area (Å²) in [5.41, 5.74) is -0.174. The molecule has 2 heterocycles. The molecular weight excluding hydrogens is 320 g/mol. The molecule has 2 aromatic rings. The summed E-state index contributed by atoms with van der Waals surface area (Å²) in [6.45, 7) is -0.408. The fourth-order valence-electron chi connectivity index (χ4n) is 2.69. The Morgan fingerprint density at radius 1 is 1.17 bits per heavy atom. The second kappa shape index (κ2) is 6.88. The van der Waals surface area contributed by atoms with Crippen LogP contribution < -0.4 is 10.4 Å². The van der Waals surface area contributed by atoms with Crippen molar-refractivity contribution in [2.75, 3.05) is 13.7 Å². The van der Waals surface area contributed by atoms with Crippen LogP contribution in [0.15, 0.2) is 39.5 Å². The average molecular weight is 338 g/mol. The molecule has 8 nitrogen and oxygen atoms in total. The molecule has 5 atom stereocenters. The third-order valence-electron chi connectivity index (χ3n) is 3.94. The van der Waals surface area contributed by atoms with Gasteiger partial charge in [0.15, 0.2) is 0 Å². The summed E-state index contributed by atoms with van der Waals surface area (Å²) < 4.78 is 21.1. The number of fused-ring (bicyclic) bond motifs is 1. The van der Waals surface area contributed by atoms with Crippen molar-refractivity contribution >= 4 is 11.0 Å². The fourth-order valence-corrected chi connectivity index (χ4v) is 2.69. The Morgan fingerprint density at radius 2 is 1.92 bits per heavy atom. The van der Waals surface area contributed by atoms with Crippen molar-refractivity contribution in [1.82, 2.24) is 0 Å². The molecule has 1 fully saturated rings. The number of hydrogen-bond donors (Lipinski definition) is 3. The van der Waals surface area contributed by atoms with Crippen LogP contribution in [-0.2, 0) is 9.47 Å². The highest BCUT2D eigenvalue weighted by Crippen LogP contribution is 2.27. The van der Waals surface area contributed by atoms with Gasteiger partial charge in [-0.05, 0) is 18.2 Å². The van der Waals surface area contributed by atoms with Crippen molar-refractivity contribution < 1.29 is 33.9 Å². The lowest BCUT2D eigenvalue weighted by Crippen LogP contribution is -2.60. The molecule has 0 aliphatic carbocycles. The number of aliphatic hydroxyl groups excluding tert-OH is 3. The standard InChI is InChI=1S/C16H18O8/c1-21-15-11(7-17)24-16(14(20)13(15)19)22-9-4-2-8-3-5-12(18)23-10(8)6-9/h2-6,11,13-17,19-20H,7H2,1H3/t11-,13-,14-,15+,16-/m1/s1. The van der Waals surface area contributed by atoms with Gasteiger partial charge >= 0.3 is 5.63 Å². The Balaban J connectivity index is 1.83. The normalized spacial score (nSPS) is 30.4. The van der Waals surface area contributed by atoms with Crippen LogP contribution in [0.25, 0.3) is 11.0 Å². The zero-order chi connectivity index (χ0) is 17.3. The average Bonchev–Trinajstić information content (AvgIpc) is 2.58. The first kappa shape index (κ1) is 16.9. The van der Waals surface area contributed by atoms with E-state index in [0.29, 0.717) is 11.0 Å². The van der Waals surface area contributed by atoms with Crippen LogP contribution in [-0.4, -0.2) is 59.7 Å². The Labute approximate surface area is 136 Å². The van der Waals surface area contributed by atoms with Gasteiger partial charge in [0, 0.05) is 24.6 Å². The van der Waals surface area contributed by atoms with Gasteiger partial charge in [-0.2, -0.15) is 0 Å². The minimum absolute atomic E-state index is 0.278. The molecule has 1 saturated heterocycles. The van der Waals surface area contributed by atoms with E-state index in [4.69, 9.17) is 18.6 Å². The van der Waals surface area contributed by atoms with Gasteiger partial charge in [0.1, 0.15) is 35.7 Å². The zero-order valence-corrected chi connectivity index (χ0v) is 12.9. The van der Waals surface area contributed by atoms with Crippen LogP contribution in [0.3, 0.4) is 0 Å². The molecule has 1 aliphatic heterocycles. The molecule has 0 bridgehead atoms. The molecule has 0 saturated carbocycles. The van der Waals surface area contributed by atoms with E-state index in [1.807, 2.05) is 0 Å². The third kappa shape index (κ3) is 3.14. The van der Waals surface area contributed by atoms with Crippen LogP contribution in [0.2, 0.25) is 0 Å². The van der Waals surface area contributed by atoms with E-state index in [1.165, 1.54) is 19.2 Å². The maximum Gasteiger partial charge on any atom is 0.336 e. The molecule has 3 N–H and O–H groups in total. The van der Waals surface area contributed by atoms with Crippen LogP contribution in [0, 0.1) is 0 Å². The largest absolute Gasteiger partial charge is 0.462 e. The van der Waals surface area contributed by atoms with Gasteiger partial charge in [0.05, 0.1) is 6.61 Å². The fraction of sp³-hybridized carbons (Fsp3) is 0.438. The first-order valence-electron chi connectivity index (χ1n) is 7.39. The number of rotatable bonds is 4. The highest BCUT2D eigenvalue weighted by atomic mass is 16.7. The van der Waals surface area contributed by atoms with E-state index in [2.05, 4.69) is 0 Å². The molecule has 3 rings (SSSR count). The van der Waals surface area contributed by atoms with Gasteiger partial charge in [-0.25, -0.2) is 4.79 Å². The van der Waals surface area contributed by atoms with Crippen LogP contribution >= 0.6 is 0 Å². The SMILES string of the molecule is CO[C@@H]1[C@H](O)[C@@H](O)[C@H](Oc2ccc3ccc(=O)oc3c2)O[C@@H]1CO. The lowest BCUT2D eigenvalue weighted by molar-refractivity contribution is -0.281. The zero-order valence-electron chi connectivity index (χ0n) is 12.9. The Morgan fingerprint density at radius 3 is 2.62 bits per heavy atom. The lowest BCUT2D eigenvalue weighted by Gasteiger charge is -2.41. The summed E-state index contributed by atoms with van der Waals surface area (Å²) in [5.74, 6) is 0.278. The molecule has 1 aromatic carbocycles. The second-order valence-electron chi connectivity index (χ2n) is 5.48. The van der Waals surface area contributed by atoms with Crippen LogP contribution in [0.4, 0.5) is 0 Å². The summed E-state index contributed by atoms with van der Waals surface area (Å²) in [5, 5.41) is 30.3. The van der Waals surface area contributed by atoms with Crippen molar-refractivity contribution in [3.63, 3.8) is 0 Å². The van der Waals surface area contributed by atoms with Crippen LogP contribution in [0.5, 0.6) is 5.75 Å². The van der Waals surface area contributed by atoms with Gasteiger partial charge in [-0.1, -0.05) is 0 Å². The van der Waals surface area contributed by atoms with Gasteiger partial charge < -0.3 is 33.9 Å². The van der Waals surface area contributed by atoms with Crippen molar-refractivity contribution in [2.24, 2.45) is 0 Å². The maximum atomic E-state index is 11.3. The lowest BCUT2D eigenvalue weighted by atomic mass is 9.99. The van der Waals surface area contributed by atoms with Crippen LogP contribution in [0.1, 0.15) is 0 Å². The number of ether oxygens (including phenoxy) is 3. The topological polar surface area (TPSA) is 119 Å². The predicted octanol–water partition coefficient (Wildman–Crippen LogP) is -0.374. The summed E-state index contributed by atoms with van der Waals surface area (Å²) in [6, 6.07) is 7.70. The Kier molecular flexibility index (Phi) is 4.83. The van der Waals surface area contributed by atoms with Crippen molar-refractivity contribution in [1.29, 1.82) is 0 Å². The minimum atomic E-state index is -1.38. The number of benzene rings is 1.